The van der Waals surface area contributed by atoms with Crippen molar-refractivity contribution in [1.82, 2.24) is 15.0 Å². The molecule has 0 unspecified atom stereocenters. The third-order valence-corrected chi connectivity index (χ3v) is 3.31. The molecule has 0 amide bonds. The number of para-hydroxylation sites is 1. The van der Waals surface area contributed by atoms with E-state index in [1.165, 1.54) is 11.0 Å². The number of carbonyl (C=O) groups excluding carboxylic acids is 1. The van der Waals surface area contributed by atoms with Gasteiger partial charge in [-0.15, -0.1) is 5.10 Å². The van der Waals surface area contributed by atoms with Gasteiger partial charge >= 0.3 is 0 Å². The summed E-state index contributed by atoms with van der Waals surface area (Å²) in [5, 5.41) is 8.42. The second kappa shape index (κ2) is 6.22. The highest BCUT2D eigenvalue weighted by molar-refractivity contribution is 6.07. The molecule has 110 valence electrons. The molecule has 0 aliphatic carbocycles. The Kier molecular flexibility index (Phi) is 3.96. The zero-order chi connectivity index (χ0) is 15.4. The van der Waals surface area contributed by atoms with E-state index in [0.29, 0.717) is 17.8 Å². The normalized spacial score (nSPS) is 10.4. The summed E-state index contributed by atoms with van der Waals surface area (Å²) in [4.78, 5) is 13.8. The summed E-state index contributed by atoms with van der Waals surface area (Å²) in [7, 11) is 1.62. The highest BCUT2D eigenvalue weighted by atomic mass is 16.5. The summed E-state index contributed by atoms with van der Waals surface area (Å²) in [5.74, 6) is 0.641. The van der Waals surface area contributed by atoms with Crippen LogP contribution < -0.4 is 4.74 Å². The first-order valence-electron chi connectivity index (χ1n) is 6.89. The lowest BCUT2D eigenvalue weighted by molar-refractivity contribution is 0.103. The first kappa shape index (κ1) is 14.0. The van der Waals surface area contributed by atoms with Crippen LogP contribution in [0.3, 0.4) is 0 Å². The molecule has 1 aromatic heterocycles. The molecule has 0 atom stereocenters. The van der Waals surface area contributed by atoms with Crippen molar-refractivity contribution >= 4 is 5.78 Å². The number of benzene rings is 2. The van der Waals surface area contributed by atoms with Crippen LogP contribution in [0.2, 0.25) is 0 Å². The second-order valence-electron chi connectivity index (χ2n) is 4.77. The van der Waals surface area contributed by atoms with E-state index in [2.05, 4.69) is 10.2 Å². The van der Waals surface area contributed by atoms with Gasteiger partial charge in [-0.3, -0.25) is 4.79 Å². The Morgan fingerprint density at radius 3 is 2.59 bits per heavy atom. The Balaban J connectivity index is 1.81. The lowest BCUT2D eigenvalue weighted by atomic mass is 10.1. The minimum absolute atomic E-state index is 0.133. The van der Waals surface area contributed by atoms with Crippen molar-refractivity contribution in [2.45, 2.75) is 6.54 Å². The summed E-state index contributed by atoms with van der Waals surface area (Å²) in [5.41, 5.74) is 1.90. The fourth-order valence-corrected chi connectivity index (χ4v) is 2.20. The number of ketones is 1. The van der Waals surface area contributed by atoms with E-state index < -0.39 is 0 Å². The monoisotopic (exact) mass is 293 g/mol. The molecule has 0 fully saturated rings. The van der Waals surface area contributed by atoms with Crippen LogP contribution in [0.15, 0.2) is 60.8 Å². The summed E-state index contributed by atoms with van der Waals surface area (Å²) in [6, 6.07) is 16.7. The molecule has 0 bridgehead atoms. The molecule has 0 saturated carbocycles. The Morgan fingerprint density at radius 2 is 1.82 bits per heavy atom. The van der Waals surface area contributed by atoms with Crippen molar-refractivity contribution in [3.63, 3.8) is 0 Å². The molecule has 0 aliphatic heterocycles. The minimum atomic E-state index is -0.133. The number of hydrogen-bond acceptors (Lipinski definition) is 4. The third-order valence-electron chi connectivity index (χ3n) is 3.31. The molecule has 5 heteroatoms. The average molecular weight is 293 g/mol. The Morgan fingerprint density at radius 1 is 1.09 bits per heavy atom. The smallest absolute Gasteiger partial charge is 0.214 e. The maximum absolute atomic E-state index is 12.3. The van der Waals surface area contributed by atoms with Crippen LogP contribution in [-0.4, -0.2) is 27.9 Å². The molecule has 0 saturated heterocycles. The van der Waals surface area contributed by atoms with Gasteiger partial charge in [-0.25, -0.2) is 0 Å². The molecule has 2 aromatic carbocycles. The lowest BCUT2D eigenvalue weighted by Crippen LogP contribution is -2.07. The number of methoxy groups -OCH3 is 1. The zero-order valence-electron chi connectivity index (χ0n) is 12.1. The fourth-order valence-electron chi connectivity index (χ4n) is 2.20. The van der Waals surface area contributed by atoms with E-state index in [1.807, 2.05) is 42.5 Å². The zero-order valence-corrected chi connectivity index (χ0v) is 12.1. The predicted octanol–water partition coefficient (Wildman–Crippen LogP) is 2.57. The van der Waals surface area contributed by atoms with Gasteiger partial charge in [0.2, 0.25) is 5.78 Å². The molecule has 5 nitrogen and oxygen atoms in total. The quantitative estimate of drug-likeness (QED) is 0.678. The Labute approximate surface area is 128 Å². The van der Waals surface area contributed by atoms with Gasteiger partial charge in [0.1, 0.15) is 5.75 Å². The molecule has 3 aromatic rings. The average Bonchev–Trinajstić information content (AvgIpc) is 3.04. The Hall–Kier alpha value is -2.95. The molecule has 0 radical (unpaired) electrons. The Bertz CT molecular complexity index is 781. The van der Waals surface area contributed by atoms with E-state index in [9.17, 15) is 4.79 Å². The van der Waals surface area contributed by atoms with Crippen molar-refractivity contribution in [3.8, 4) is 5.75 Å². The summed E-state index contributed by atoms with van der Waals surface area (Å²) < 4.78 is 5.31. The van der Waals surface area contributed by atoms with E-state index in [4.69, 9.17) is 4.74 Å². The van der Waals surface area contributed by atoms with Gasteiger partial charge in [0, 0.05) is 11.1 Å². The van der Waals surface area contributed by atoms with Gasteiger partial charge in [-0.1, -0.05) is 48.5 Å². The molecule has 0 aliphatic rings. The SMILES string of the molecule is COc1ccccc1Cn1ncc(C(=O)c2ccccc2)n1. The first-order chi connectivity index (χ1) is 10.8. The molecular formula is C17H15N3O2. The van der Waals surface area contributed by atoms with Crippen LogP contribution in [0, 0.1) is 0 Å². The molecule has 1 heterocycles. The molecule has 0 N–H and O–H groups in total. The fraction of sp³-hybridized carbons (Fsp3) is 0.118. The third kappa shape index (κ3) is 2.88. The van der Waals surface area contributed by atoms with Crippen molar-refractivity contribution in [1.29, 1.82) is 0 Å². The first-order valence-corrected chi connectivity index (χ1v) is 6.89. The van der Waals surface area contributed by atoms with Crippen LogP contribution in [0.4, 0.5) is 0 Å². The summed E-state index contributed by atoms with van der Waals surface area (Å²) in [6.45, 7) is 0.450. The maximum Gasteiger partial charge on any atom is 0.214 e. The van der Waals surface area contributed by atoms with Crippen LogP contribution in [0.1, 0.15) is 21.6 Å². The standard InChI is InChI=1S/C17H15N3O2/c1-22-16-10-6-5-9-14(16)12-20-18-11-15(19-20)17(21)13-7-3-2-4-8-13/h2-11H,12H2,1H3. The lowest BCUT2D eigenvalue weighted by Gasteiger charge is -2.06. The molecular weight excluding hydrogens is 278 g/mol. The van der Waals surface area contributed by atoms with Crippen molar-refractivity contribution in [3.05, 3.63) is 77.6 Å². The second-order valence-corrected chi connectivity index (χ2v) is 4.77. The highest BCUT2D eigenvalue weighted by Crippen LogP contribution is 2.18. The van der Waals surface area contributed by atoms with Gasteiger partial charge in [-0.05, 0) is 6.07 Å². The van der Waals surface area contributed by atoms with Crippen LogP contribution in [0.25, 0.3) is 0 Å². The minimum Gasteiger partial charge on any atom is -0.496 e. The van der Waals surface area contributed by atoms with Crippen LogP contribution in [-0.2, 0) is 6.54 Å². The van der Waals surface area contributed by atoms with Crippen LogP contribution >= 0.6 is 0 Å². The van der Waals surface area contributed by atoms with Gasteiger partial charge in [0.05, 0.1) is 19.9 Å². The topological polar surface area (TPSA) is 57.0 Å². The van der Waals surface area contributed by atoms with E-state index in [-0.39, 0.29) is 5.78 Å². The van der Waals surface area contributed by atoms with Crippen molar-refractivity contribution < 1.29 is 9.53 Å². The maximum atomic E-state index is 12.3. The van der Waals surface area contributed by atoms with Gasteiger partial charge in [0.25, 0.3) is 0 Å². The van der Waals surface area contributed by atoms with E-state index in [1.54, 1.807) is 19.2 Å². The number of ether oxygens (including phenoxy) is 1. The van der Waals surface area contributed by atoms with Crippen molar-refractivity contribution in [2.24, 2.45) is 0 Å². The molecule has 3 rings (SSSR count). The molecule has 0 spiro atoms. The number of rotatable bonds is 5. The van der Waals surface area contributed by atoms with Gasteiger partial charge < -0.3 is 4.74 Å². The number of aromatic nitrogens is 3. The van der Waals surface area contributed by atoms with Crippen molar-refractivity contribution in [2.75, 3.05) is 7.11 Å². The number of carbonyl (C=O) groups is 1. The van der Waals surface area contributed by atoms with Gasteiger partial charge in [0.15, 0.2) is 5.69 Å². The summed E-state index contributed by atoms with van der Waals surface area (Å²) >= 11 is 0. The summed E-state index contributed by atoms with van der Waals surface area (Å²) in [6.07, 6.45) is 1.49. The number of nitrogens with zero attached hydrogens (tertiary/aromatic N) is 3. The number of hydrogen-bond donors (Lipinski definition) is 0. The van der Waals surface area contributed by atoms with Crippen LogP contribution in [0.5, 0.6) is 5.75 Å². The highest BCUT2D eigenvalue weighted by Gasteiger charge is 2.13. The predicted molar refractivity (Wildman–Crippen MR) is 82.0 cm³/mol. The van der Waals surface area contributed by atoms with Gasteiger partial charge in [-0.2, -0.15) is 9.90 Å². The van der Waals surface area contributed by atoms with E-state index >= 15 is 0 Å². The largest absolute Gasteiger partial charge is 0.496 e. The van der Waals surface area contributed by atoms with E-state index in [0.717, 1.165) is 11.3 Å². The molecule has 22 heavy (non-hydrogen) atoms.